The van der Waals surface area contributed by atoms with Crippen molar-refractivity contribution in [3.05, 3.63) is 0 Å². The Morgan fingerprint density at radius 2 is 2.06 bits per heavy atom. The zero-order chi connectivity index (χ0) is 12.0. The SMILES string of the molecule is CCC(CC)CNC(=O)C1(CC)CCCN1. The number of carbonyl (C=O) groups excluding carboxylic acids is 1. The molecule has 1 unspecified atom stereocenters. The van der Waals surface area contributed by atoms with E-state index in [0.29, 0.717) is 5.92 Å². The molecule has 1 fully saturated rings. The molecule has 1 heterocycles. The highest BCUT2D eigenvalue weighted by atomic mass is 16.2. The summed E-state index contributed by atoms with van der Waals surface area (Å²) in [6.07, 6.45) is 5.28. The van der Waals surface area contributed by atoms with E-state index in [2.05, 4.69) is 31.4 Å². The second-order valence-electron chi connectivity index (χ2n) is 4.86. The van der Waals surface area contributed by atoms with Crippen LogP contribution in [-0.4, -0.2) is 24.5 Å². The highest BCUT2D eigenvalue weighted by Crippen LogP contribution is 2.23. The third-order valence-electron chi connectivity index (χ3n) is 3.99. The summed E-state index contributed by atoms with van der Waals surface area (Å²) in [7, 11) is 0. The summed E-state index contributed by atoms with van der Waals surface area (Å²) >= 11 is 0. The predicted octanol–water partition coefficient (Wildman–Crippen LogP) is 2.07. The minimum absolute atomic E-state index is 0.208. The van der Waals surface area contributed by atoms with Gasteiger partial charge in [-0.2, -0.15) is 0 Å². The maximum Gasteiger partial charge on any atom is 0.240 e. The van der Waals surface area contributed by atoms with Crippen LogP contribution in [0.1, 0.15) is 52.9 Å². The minimum Gasteiger partial charge on any atom is -0.354 e. The number of nitrogens with one attached hydrogen (secondary N) is 2. The van der Waals surface area contributed by atoms with Crippen LogP contribution in [0.5, 0.6) is 0 Å². The third kappa shape index (κ3) is 2.97. The Bertz CT molecular complexity index is 218. The van der Waals surface area contributed by atoms with Gasteiger partial charge in [-0.3, -0.25) is 4.79 Å². The number of hydrogen-bond donors (Lipinski definition) is 2. The molecule has 0 aromatic carbocycles. The van der Waals surface area contributed by atoms with Crippen molar-refractivity contribution in [2.24, 2.45) is 5.92 Å². The van der Waals surface area contributed by atoms with Crippen LogP contribution in [-0.2, 0) is 4.79 Å². The van der Waals surface area contributed by atoms with Gasteiger partial charge in [-0.05, 0) is 31.7 Å². The van der Waals surface area contributed by atoms with E-state index < -0.39 is 0 Å². The normalized spacial score (nSPS) is 25.0. The van der Waals surface area contributed by atoms with Gasteiger partial charge in [-0.1, -0.05) is 33.6 Å². The summed E-state index contributed by atoms with van der Waals surface area (Å²) in [5.41, 5.74) is -0.272. The summed E-state index contributed by atoms with van der Waals surface area (Å²) in [5.74, 6) is 0.832. The molecule has 0 saturated carbocycles. The first-order valence-corrected chi connectivity index (χ1v) is 6.71. The van der Waals surface area contributed by atoms with Crippen molar-refractivity contribution in [1.29, 1.82) is 0 Å². The summed E-state index contributed by atoms with van der Waals surface area (Å²) < 4.78 is 0. The number of amides is 1. The highest BCUT2D eigenvalue weighted by molar-refractivity contribution is 5.86. The highest BCUT2D eigenvalue weighted by Gasteiger charge is 2.38. The van der Waals surface area contributed by atoms with E-state index in [1.165, 1.54) is 0 Å². The Kier molecular flexibility index (Phi) is 5.26. The fourth-order valence-corrected chi connectivity index (χ4v) is 2.45. The van der Waals surface area contributed by atoms with Gasteiger partial charge in [0.2, 0.25) is 5.91 Å². The van der Waals surface area contributed by atoms with Gasteiger partial charge >= 0.3 is 0 Å². The summed E-state index contributed by atoms with van der Waals surface area (Å²) in [5, 5.41) is 6.48. The van der Waals surface area contributed by atoms with Crippen LogP contribution in [0, 0.1) is 5.92 Å². The molecule has 0 bridgehead atoms. The lowest BCUT2D eigenvalue weighted by Crippen LogP contribution is -2.53. The number of rotatable bonds is 6. The van der Waals surface area contributed by atoms with Gasteiger partial charge in [-0.15, -0.1) is 0 Å². The van der Waals surface area contributed by atoms with Gasteiger partial charge in [0.05, 0.1) is 5.54 Å². The molecule has 0 spiro atoms. The van der Waals surface area contributed by atoms with Crippen molar-refractivity contribution in [3.63, 3.8) is 0 Å². The smallest absolute Gasteiger partial charge is 0.240 e. The maximum atomic E-state index is 12.2. The Morgan fingerprint density at radius 3 is 2.50 bits per heavy atom. The van der Waals surface area contributed by atoms with E-state index in [9.17, 15) is 4.79 Å². The minimum atomic E-state index is -0.272. The van der Waals surface area contributed by atoms with Crippen LogP contribution in [0.3, 0.4) is 0 Å². The first kappa shape index (κ1) is 13.5. The molecular formula is C13H26N2O. The molecule has 94 valence electrons. The van der Waals surface area contributed by atoms with Gasteiger partial charge in [-0.25, -0.2) is 0 Å². The second kappa shape index (κ2) is 6.24. The molecule has 3 heteroatoms. The van der Waals surface area contributed by atoms with Crippen molar-refractivity contribution in [1.82, 2.24) is 10.6 Å². The predicted molar refractivity (Wildman–Crippen MR) is 67.3 cm³/mol. The van der Waals surface area contributed by atoms with E-state index >= 15 is 0 Å². The zero-order valence-electron chi connectivity index (χ0n) is 10.9. The number of hydrogen-bond acceptors (Lipinski definition) is 2. The Balaban J connectivity index is 2.44. The van der Waals surface area contributed by atoms with E-state index in [4.69, 9.17) is 0 Å². The summed E-state index contributed by atoms with van der Waals surface area (Å²) in [6.45, 7) is 8.27. The number of carbonyl (C=O) groups is 1. The second-order valence-corrected chi connectivity index (χ2v) is 4.86. The summed E-state index contributed by atoms with van der Waals surface area (Å²) in [4.78, 5) is 12.2. The maximum absolute atomic E-state index is 12.2. The molecule has 2 N–H and O–H groups in total. The van der Waals surface area contributed by atoms with E-state index in [-0.39, 0.29) is 11.4 Å². The molecule has 3 nitrogen and oxygen atoms in total. The van der Waals surface area contributed by atoms with Crippen LogP contribution in [0.15, 0.2) is 0 Å². The zero-order valence-corrected chi connectivity index (χ0v) is 10.9. The van der Waals surface area contributed by atoms with Crippen LogP contribution < -0.4 is 10.6 Å². The molecule has 1 saturated heterocycles. The molecule has 1 aliphatic heterocycles. The lowest BCUT2D eigenvalue weighted by atomic mass is 9.92. The molecule has 1 rings (SSSR count). The van der Waals surface area contributed by atoms with Crippen molar-refractivity contribution < 1.29 is 4.79 Å². The molecule has 1 amide bonds. The fourth-order valence-electron chi connectivity index (χ4n) is 2.45. The van der Waals surface area contributed by atoms with Crippen LogP contribution in [0.25, 0.3) is 0 Å². The van der Waals surface area contributed by atoms with Crippen molar-refractivity contribution in [3.8, 4) is 0 Å². The van der Waals surface area contributed by atoms with E-state index in [1.54, 1.807) is 0 Å². The molecule has 0 radical (unpaired) electrons. The van der Waals surface area contributed by atoms with E-state index in [0.717, 1.165) is 45.2 Å². The average molecular weight is 226 g/mol. The van der Waals surface area contributed by atoms with Gasteiger partial charge in [0.25, 0.3) is 0 Å². The quantitative estimate of drug-likeness (QED) is 0.728. The summed E-state index contributed by atoms with van der Waals surface area (Å²) in [6, 6.07) is 0. The molecular weight excluding hydrogens is 200 g/mol. The molecule has 0 aliphatic carbocycles. The standard InChI is InChI=1S/C13H26N2O/c1-4-11(5-2)10-14-12(16)13(6-3)8-7-9-15-13/h11,15H,4-10H2,1-3H3,(H,14,16). The van der Waals surface area contributed by atoms with Crippen molar-refractivity contribution >= 4 is 5.91 Å². The lowest BCUT2D eigenvalue weighted by molar-refractivity contribution is -0.127. The lowest BCUT2D eigenvalue weighted by Gasteiger charge is -2.27. The first-order valence-electron chi connectivity index (χ1n) is 6.71. The van der Waals surface area contributed by atoms with E-state index in [1.807, 2.05) is 0 Å². The van der Waals surface area contributed by atoms with Crippen LogP contribution >= 0.6 is 0 Å². The molecule has 1 atom stereocenters. The third-order valence-corrected chi connectivity index (χ3v) is 3.99. The topological polar surface area (TPSA) is 41.1 Å². The average Bonchev–Trinajstić information content (AvgIpc) is 2.80. The fraction of sp³-hybridized carbons (Fsp3) is 0.923. The molecule has 0 aromatic heterocycles. The monoisotopic (exact) mass is 226 g/mol. The molecule has 0 aromatic rings. The van der Waals surface area contributed by atoms with Crippen molar-refractivity contribution in [2.45, 2.75) is 58.4 Å². The first-order chi connectivity index (χ1) is 7.68. The largest absolute Gasteiger partial charge is 0.354 e. The van der Waals surface area contributed by atoms with Crippen LogP contribution in [0.4, 0.5) is 0 Å². The van der Waals surface area contributed by atoms with Crippen LogP contribution in [0.2, 0.25) is 0 Å². The van der Waals surface area contributed by atoms with Gasteiger partial charge < -0.3 is 10.6 Å². The van der Waals surface area contributed by atoms with Crippen molar-refractivity contribution in [2.75, 3.05) is 13.1 Å². The van der Waals surface area contributed by atoms with Gasteiger partial charge in [0, 0.05) is 6.54 Å². The molecule has 16 heavy (non-hydrogen) atoms. The Hall–Kier alpha value is -0.570. The Morgan fingerprint density at radius 1 is 1.38 bits per heavy atom. The Labute approximate surface area is 99.4 Å². The van der Waals surface area contributed by atoms with Gasteiger partial charge in [0.1, 0.15) is 0 Å². The molecule has 1 aliphatic rings. The van der Waals surface area contributed by atoms with Gasteiger partial charge in [0.15, 0.2) is 0 Å².